The highest BCUT2D eigenvalue weighted by atomic mass is 32.2. The Hall–Kier alpha value is -1.49. The third-order valence-corrected chi connectivity index (χ3v) is 5.48. The highest BCUT2D eigenvalue weighted by Gasteiger charge is 2.31. The van der Waals surface area contributed by atoms with Crippen molar-refractivity contribution in [3.8, 4) is 5.75 Å². The van der Waals surface area contributed by atoms with E-state index in [-0.39, 0.29) is 11.8 Å². The summed E-state index contributed by atoms with van der Waals surface area (Å²) < 4.78 is 14.1. The molecule has 0 aromatic heterocycles. The van der Waals surface area contributed by atoms with Crippen molar-refractivity contribution in [1.82, 2.24) is 5.32 Å². The number of imide groups is 1. The predicted octanol–water partition coefficient (Wildman–Crippen LogP) is 3.93. The molecule has 1 atom stereocenters. The fourth-order valence-electron chi connectivity index (χ4n) is 3.16. The SMILES string of the molecule is [2H][C@]1(Cc2ccc(OCC3(C)CCCCC3)cc2)SC(=O)NC1=O. The van der Waals surface area contributed by atoms with Crippen LogP contribution in [0, 0.1) is 5.41 Å². The Labute approximate surface area is 142 Å². The fourth-order valence-corrected chi connectivity index (χ4v) is 3.91. The Morgan fingerprint density at radius 1 is 1.26 bits per heavy atom. The van der Waals surface area contributed by atoms with Crippen molar-refractivity contribution in [2.45, 2.75) is 50.7 Å². The third kappa shape index (κ3) is 4.28. The fraction of sp³-hybridized carbons (Fsp3) is 0.556. The number of rotatable bonds is 5. The standard InChI is InChI=1S/C18H23NO3S/c1-18(9-3-2-4-10-18)12-22-14-7-5-13(6-8-14)11-15-16(20)19-17(21)23-15/h5-8,15H,2-4,9-12H2,1H3,(H,19,20,21)/t15-/m1/s1/i15D. The maximum absolute atomic E-state index is 11.7. The van der Waals surface area contributed by atoms with E-state index in [9.17, 15) is 9.59 Å². The van der Waals surface area contributed by atoms with Crippen molar-refractivity contribution in [1.29, 1.82) is 0 Å². The lowest BCUT2D eigenvalue weighted by Crippen LogP contribution is -2.27. The van der Waals surface area contributed by atoms with Crippen molar-refractivity contribution in [3.05, 3.63) is 29.8 Å². The highest BCUT2D eigenvalue weighted by molar-refractivity contribution is 8.15. The second-order valence-electron chi connectivity index (χ2n) is 6.75. The van der Waals surface area contributed by atoms with E-state index in [1.807, 2.05) is 24.3 Å². The molecule has 2 fully saturated rings. The molecule has 0 unspecified atom stereocenters. The summed E-state index contributed by atoms with van der Waals surface area (Å²) in [5.41, 5.74) is 1.11. The molecule has 0 spiro atoms. The second-order valence-corrected chi connectivity index (χ2v) is 7.82. The molecule has 1 N–H and O–H groups in total. The molecule has 1 aromatic carbocycles. The van der Waals surface area contributed by atoms with E-state index in [1.165, 1.54) is 32.1 Å². The van der Waals surface area contributed by atoms with E-state index in [0.717, 1.165) is 29.7 Å². The Morgan fingerprint density at radius 2 is 1.96 bits per heavy atom. The van der Waals surface area contributed by atoms with Crippen LogP contribution in [0.1, 0.15) is 46.0 Å². The number of carbonyl (C=O) groups is 2. The monoisotopic (exact) mass is 334 g/mol. The number of benzene rings is 1. The summed E-state index contributed by atoms with van der Waals surface area (Å²) in [5.74, 6) is 0.271. The Bertz CT molecular complexity index is 628. The summed E-state index contributed by atoms with van der Waals surface area (Å²) in [6, 6.07) is 7.49. The molecule has 2 amide bonds. The number of carbonyl (C=O) groups excluding carboxylic acids is 2. The van der Waals surface area contributed by atoms with Crippen molar-refractivity contribution in [3.63, 3.8) is 0 Å². The van der Waals surface area contributed by atoms with E-state index in [0.29, 0.717) is 0 Å². The Kier molecular flexibility index (Phi) is 4.55. The van der Waals surface area contributed by atoms with E-state index < -0.39 is 16.4 Å². The van der Waals surface area contributed by atoms with Crippen LogP contribution in [0.5, 0.6) is 5.75 Å². The van der Waals surface area contributed by atoms with Crippen LogP contribution in [-0.2, 0) is 11.2 Å². The van der Waals surface area contributed by atoms with E-state index in [4.69, 9.17) is 6.11 Å². The minimum Gasteiger partial charge on any atom is -0.493 e. The van der Waals surface area contributed by atoms with Crippen LogP contribution in [0.25, 0.3) is 0 Å². The minimum atomic E-state index is -1.46. The maximum atomic E-state index is 11.7. The Balaban J connectivity index is 1.57. The molecule has 4 nitrogen and oxygen atoms in total. The first-order chi connectivity index (χ1) is 11.4. The van der Waals surface area contributed by atoms with Gasteiger partial charge in [0.25, 0.3) is 5.24 Å². The van der Waals surface area contributed by atoms with Gasteiger partial charge in [0.15, 0.2) is 0 Å². The van der Waals surface area contributed by atoms with Gasteiger partial charge in [-0.2, -0.15) is 0 Å². The maximum Gasteiger partial charge on any atom is 0.286 e. The van der Waals surface area contributed by atoms with Gasteiger partial charge in [0, 0.05) is 5.41 Å². The van der Waals surface area contributed by atoms with Crippen LogP contribution >= 0.6 is 11.8 Å². The number of amides is 2. The molecule has 1 heterocycles. The van der Waals surface area contributed by atoms with Gasteiger partial charge in [-0.3, -0.25) is 14.9 Å². The van der Waals surface area contributed by atoms with Crippen LogP contribution in [0.2, 0.25) is 0 Å². The molecule has 124 valence electrons. The van der Waals surface area contributed by atoms with Crippen LogP contribution in [0.4, 0.5) is 4.79 Å². The molecule has 1 aliphatic carbocycles. The van der Waals surface area contributed by atoms with Crippen molar-refractivity contribution < 1.29 is 15.7 Å². The van der Waals surface area contributed by atoms with Crippen molar-refractivity contribution >= 4 is 22.9 Å². The number of hydrogen-bond donors (Lipinski definition) is 1. The predicted molar refractivity (Wildman–Crippen MR) is 91.8 cm³/mol. The summed E-state index contributed by atoms with van der Waals surface area (Å²) in [7, 11) is 0. The zero-order valence-electron chi connectivity index (χ0n) is 14.4. The molecule has 0 bridgehead atoms. The van der Waals surface area contributed by atoms with Gasteiger partial charge in [0.05, 0.1) is 13.2 Å². The summed E-state index contributed by atoms with van der Waals surface area (Å²) in [6.07, 6.45) is 6.52. The van der Waals surface area contributed by atoms with Gasteiger partial charge >= 0.3 is 0 Å². The molecule has 1 saturated heterocycles. The molecule has 3 rings (SSSR count). The zero-order valence-corrected chi connectivity index (χ0v) is 14.2. The van der Waals surface area contributed by atoms with Crippen LogP contribution in [0.15, 0.2) is 24.3 Å². The Morgan fingerprint density at radius 3 is 2.57 bits per heavy atom. The number of nitrogens with one attached hydrogen (secondary N) is 1. The quantitative estimate of drug-likeness (QED) is 0.886. The molecule has 1 saturated carbocycles. The molecule has 23 heavy (non-hydrogen) atoms. The molecular formula is C18H23NO3S. The van der Waals surface area contributed by atoms with Gasteiger partial charge < -0.3 is 4.74 Å². The second kappa shape index (κ2) is 6.95. The lowest BCUT2D eigenvalue weighted by Gasteiger charge is -2.33. The average molecular weight is 334 g/mol. The van der Waals surface area contributed by atoms with Crippen LogP contribution in [-0.4, -0.2) is 23.0 Å². The van der Waals surface area contributed by atoms with Crippen LogP contribution in [0.3, 0.4) is 0 Å². The van der Waals surface area contributed by atoms with Crippen molar-refractivity contribution in [2.24, 2.45) is 5.41 Å². The lowest BCUT2D eigenvalue weighted by atomic mass is 9.76. The molecule has 1 aromatic rings. The molecule has 1 aliphatic heterocycles. The first-order valence-corrected chi connectivity index (χ1v) is 8.96. The summed E-state index contributed by atoms with van der Waals surface area (Å²) in [5, 5.41) is 0.261. The first kappa shape index (κ1) is 15.1. The minimum absolute atomic E-state index is 0.202. The lowest BCUT2D eigenvalue weighted by molar-refractivity contribution is -0.118. The molecule has 2 aliphatic rings. The summed E-state index contributed by atoms with van der Waals surface area (Å²) in [6.45, 7) is 3.01. The normalized spacial score (nSPS) is 27.4. The van der Waals surface area contributed by atoms with Gasteiger partial charge in [-0.25, -0.2) is 0 Å². The topological polar surface area (TPSA) is 55.4 Å². The summed E-state index contributed by atoms with van der Waals surface area (Å²) in [4.78, 5) is 23.0. The number of thioether (sulfide) groups is 1. The highest BCUT2D eigenvalue weighted by Crippen LogP contribution is 2.36. The third-order valence-electron chi connectivity index (χ3n) is 4.62. The number of hydrogen-bond acceptors (Lipinski definition) is 4. The first-order valence-electron chi connectivity index (χ1n) is 8.65. The van der Waals surface area contributed by atoms with E-state index in [1.54, 1.807) is 0 Å². The number of ether oxygens (including phenoxy) is 1. The zero-order chi connectivity index (χ0) is 17.2. The van der Waals surface area contributed by atoms with E-state index >= 15 is 0 Å². The van der Waals surface area contributed by atoms with Gasteiger partial charge in [-0.05, 0) is 37.0 Å². The van der Waals surface area contributed by atoms with Crippen molar-refractivity contribution in [2.75, 3.05) is 6.61 Å². The van der Waals surface area contributed by atoms with Crippen LogP contribution < -0.4 is 10.1 Å². The largest absolute Gasteiger partial charge is 0.493 e. The van der Waals surface area contributed by atoms with Gasteiger partial charge in [-0.15, -0.1) is 0 Å². The molecular weight excluding hydrogens is 310 g/mol. The van der Waals surface area contributed by atoms with Gasteiger partial charge in [0.1, 0.15) is 5.75 Å². The van der Waals surface area contributed by atoms with Gasteiger partial charge in [-0.1, -0.05) is 50.1 Å². The molecule has 0 radical (unpaired) electrons. The molecule has 5 heteroatoms. The van der Waals surface area contributed by atoms with Gasteiger partial charge in [0.2, 0.25) is 5.91 Å². The smallest absolute Gasteiger partial charge is 0.286 e. The summed E-state index contributed by atoms with van der Waals surface area (Å²) >= 11 is 0.739. The average Bonchev–Trinajstić information content (AvgIpc) is 2.79. The van der Waals surface area contributed by atoms with E-state index in [2.05, 4.69) is 12.2 Å².